The zero-order valence-corrected chi connectivity index (χ0v) is 8.75. The summed E-state index contributed by atoms with van der Waals surface area (Å²) in [4.78, 5) is 4.05. The molecule has 16 heavy (non-hydrogen) atoms. The number of nitrogens with one attached hydrogen (secondary N) is 2. The Kier molecular flexibility index (Phi) is 3.06. The lowest BCUT2D eigenvalue weighted by molar-refractivity contribution is 0.471. The molecule has 0 bridgehead atoms. The van der Waals surface area contributed by atoms with Gasteiger partial charge in [0.05, 0.1) is 17.9 Å². The minimum Gasteiger partial charge on any atom is -0.506 e. The number of aromatic nitrogens is 5. The van der Waals surface area contributed by atoms with E-state index in [2.05, 4.69) is 30.9 Å². The Bertz CT molecular complexity index is 426. The quantitative estimate of drug-likeness (QED) is 0.678. The topological polar surface area (TPSA) is 99.6 Å². The monoisotopic (exact) mass is 220 g/mol. The molecule has 1 unspecified atom stereocenters. The molecule has 84 valence electrons. The van der Waals surface area contributed by atoms with E-state index in [-0.39, 0.29) is 11.8 Å². The standard InChI is InChI=1S/C9H12N6O/c1-6(9-12-14-15-13-9)10-4-7-2-3-8(16)5-11-7/h2-3,5-6,10,16H,4H2,1H3,(H,12,13,14,15). The Balaban J connectivity index is 1.90. The highest BCUT2D eigenvalue weighted by atomic mass is 16.3. The molecule has 2 aromatic heterocycles. The van der Waals surface area contributed by atoms with Crippen LogP contribution in [0.1, 0.15) is 24.5 Å². The van der Waals surface area contributed by atoms with Crippen LogP contribution in [0.15, 0.2) is 18.3 Å². The third kappa shape index (κ3) is 2.51. The van der Waals surface area contributed by atoms with E-state index < -0.39 is 0 Å². The van der Waals surface area contributed by atoms with Crippen molar-refractivity contribution in [3.8, 4) is 5.75 Å². The fraction of sp³-hybridized carbons (Fsp3) is 0.333. The summed E-state index contributed by atoms with van der Waals surface area (Å²) in [6.45, 7) is 2.52. The van der Waals surface area contributed by atoms with Gasteiger partial charge in [0.15, 0.2) is 5.82 Å². The highest BCUT2D eigenvalue weighted by molar-refractivity contribution is 5.17. The van der Waals surface area contributed by atoms with Crippen molar-refractivity contribution in [3.63, 3.8) is 0 Å². The van der Waals surface area contributed by atoms with Crippen LogP contribution in [0.5, 0.6) is 5.75 Å². The number of H-pyrrole nitrogens is 1. The molecule has 0 aliphatic carbocycles. The van der Waals surface area contributed by atoms with Crippen LogP contribution < -0.4 is 5.32 Å². The van der Waals surface area contributed by atoms with Gasteiger partial charge in [-0.15, -0.1) is 10.2 Å². The molecular formula is C9H12N6O. The average Bonchev–Trinajstić information content (AvgIpc) is 2.81. The summed E-state index contributed by atoms with van der Waals surface area (Å²) in [5.41, 5.74) is 0.841. The molecule has 1 atom stereocenters. The van der Waals surface area contributed by atoms with Gasteiger partial charge in [0.25, 0.3) is 0 Å². The molecule has 0 saturated heterocycles. The number of aromatic amines is 1. The molecule has 0 aliphatic heterocycles. The Morgan fingerprint density at radius 3 is 3.00 bits per heavy atom. The fourth-order valence-corrected chi connectivity index (χ4v) is 1.22. The van der Waals surface area contributed by atoms with Gasteiger partial charge >= 0.3 is 0 Å². The highest BCUT2D eigenvalue weighted by Crippen LogP contribution is 2.08. The second kappa shape index (κ2) is 4.67. The van der Waals surface area contributed by atoms with Gasteiger partial charge in [-0.25, -0.2) is 0 Å². The smallest absolute Gasteiger partial charge is 0.191 e. The van der Waals surface area contributed by atoms with Crippen molar-refractivity contribution < 1.29 is 5.11 Å². The van der Waals surface area contributed by atoms with Crippen LogP contribution >= 0.6 is 0 Å². The third-order valence-electron chi connectivity index (χ3n) is 2.15. The zero-order valence-electron chi connectivity index (χ0n) is 8.75. The number of hydrogen-bond acceptors (Lipinski definition) is 6. The number of hydrogen-bond donors (Lipinski definition) is 3. The fourth-order valence-electron chi connectivity index (χ4n) is 1.22. The molecule has 2 heterocycles. The maximum absolute atomic E-state index is 9.07. The molecule has 0 spiro atoms. The van der Waals surface area contributed by atoms with Gasteiger partial charge in [-0.2, -0.15) is 5.21 Å². The summed E-state index contributed by atoms with van der Waals surface area (Å²) in [7, 11) is 0. The molecule has 0 aliphatic rings. The Morgan fingerprint density at radius 1 is 1.50 bits per heavy atom. The molecule has 0 fully saturated rings. The van der Waals surface area contributed by atoms with E-state index in [1.54, 1.807) is 12.1 Å². The van der Waals surface area contributed by atoms with E-state index in [4.69, 9.17) is 5.11 Å². The number of aromatic hydroxyl groups is 1. The molecule has 0 aromatic carbocycles. The molecule has 7 heteroatoms. The van der Waals surface area contributed by atoms with Gasteiger partial charge in [-0.05, 0) is 19.1 Å². The van der Waals surface area contributed by atoms with Crippen molar-refractivity contribution in [2.24, 2.45) is 0 Å². The van der Waals surface area contributed by atoms with E-state index >= 15 is 0 Å². The highest BCUT2D eigenvalue weighted by Gasteiger charge is 2.09. The lowest BCUT2D eigenvalue weighted by atomic mass is 10.3. The second-order valence-electron chi connectivity index (χ2n) is 3.38. The molecule has 3 N–H and O–H groups in total. The summed E-state index contributed by atoms with van der Waals surface area (Å²) in [5.74, 6) is 0.772. The van der Waals surface area contributed by atoms with Gasteiger partial charge in [-0.3, -0.25) is 4.98 Å². The Hall–Kier alpha value is -2.02. The SMILES string of the molecule is CC(NCc1ccc(O)cn1)c1nn[nH]n1. The Morgan fingerprint density at radius 2 is 2.38 bits per heavy atom. The van der Waals surface area contributed by atoms with Crippen LogP contribution in [0.4, 0.5) is 0 Å². The first kappa shape index (κ1) is 10.5. The van der Waals surface area contributed by atoms with Crippen LogP contribution in [0, 0.1) is 0 Å². The van der Waals surface area contributed by atoms with Crippen molar-refractivity contribution in [3.05, 3.63) is 29.8 Å². The van der Waals surface area contributed by atoms with Crippen molar-refractivity contribution in [1.29, 1.82) is 0 Å². The first-order valence-electron chi connectivity index (χ1n) is 4.86. The third-order valence-corrected chi connectivity index (χ3v) is 2.15. The second-order valence-corrected chi connectivity index (χ2v) is 3.38. The maximum atomic E-state index is 9.07. The first-order valence-corrected chi connectivity index (χ1v) is 4.86. The van der Waals surface area contributed by atoms with E-state index in [0.717, 1.165) is 5.69 Å². The van der Waals surface area contributed by atoms with Gasteiger partial charge in [0.1, 0.15) is 5.75 Å². The molecule has 2 rings (SSSR count). The van der Waals surface area contributed by atoms with E-state index in [1.807, 2.05) is 6.92 Å². The van der Waals surface area contributed by atoms with Crippen LogP contribution in [0.2, 0.25) is 0 Å². The summed E-state index contributed by atoms with van der Waals surface area (Å²) in [6.07, 6.45) is 1.41. The van der Waals surface area contributed by atoms with Crippen molar-refractivity contribution in [1.82, 2.24) is 30.9 Å². The van der Waals surface area contributed by atoms with Crippen LogP contribution in [0.3, 0.4) is 0 Å². The van der Waals surface area contributed by atoms with Crippen molar-refractivity contribution >= 4 is 0 Å². The Labute approximate surface area is 91.9 Å². The minimum absolute atomic E-state index is 0.00523. The van der Waals surface area contributed by atoms with Gasteiger partial charge in [-0.1, -0.05) is 5.21 Å². The van der Waals surface area contributed by atoms with Crippen molar-refractivity contribution in [2.75, 3.05) is 0 Å². The molecule has 2 aromatic rings. The first-order chi connectivity index (χ1) is 7.75. The summed E-state index contributed by atoms with van der Waals surface area (Å²) >= 11 is 0. The predicted octanol–water partition coefficient (Wildman–Crippen LogP) is 0.151. The number of tetrazole rings is 1. The molecular weight excluding hydrogens is 208 g/mol. The van der Waals surface area contributed by atoms with Crippen LogP contribution in [0.25, 0.3) is 0 Å². The van der Waals surface area contributed by atoms with Gasteiger partial charge in [0.2, 0.25) is 0 Å². The van der Waals surface area contributed by atoms with Crippen LogP contribution in [-0.4, -0.2) is 30.7 Å². The predicted molar refractivity (Wildman–Crippen MR) is 55.3 cm³/mol. The summed E-state index contributed by atoms with van der Waals surface area (Å²) < 4.78 is 0. The normalized spacial score (nSPS) is 12.6. The molecule has 0 radical (unpaired) electrons. The van der Waals surface area contributed by atoms with Gasteiger partial charge in [0, 0.05) is 6.54 Å². The average molecular weight is 220 g/mol. The number of nitrogens with zero attached hydrogens (tertiary/aromatic N) is 4. The van der Waals surface area contributed by atoms with Crippen LogP contribution in [-0.2, 0) is 6.54 Å². The number of pyridine rings is 1. The van der Waals surface area contributed by atoms with E-state index in [1.165, 1.54) is 6.20 Å². The summed E-state index contributed by atoms with van der Waals surface area (Å²) in [5, 5.41) is 25.9. The van der Waals surface area contributed by atoms with E-state index in [9.17, 15) is 0 Å². The zero-order chi connectivity index (χ0) is 11.4. The summed E-state index contributed by atoms with van der Waals surface area (Å²) in [6, 6.07) is 3.35. The number of rotatable bonds is 4. The lowest BCUT2D eigenvalue weighted by Gasteiger charge is -2.08. The van der Waals surface area contributed by atoms with E-state index in [0.29, 0.717) is 12.4 Å². The molecule has 7 nitrogen and oxygen atoms in total. The largest absolute Gasteiger partial charge is 0.506 e. The molecule has 0 saturated carbocycles. The minimum atomic E-state index is -0.00523. The molecule has 0 amide bonds. The lowest BCUT2D eigenvalue weighted by Crippen LogP contribution is -2.19. The maximum Gasteiger partial charge on any atom is 0.191 e. The van der Waals surface area contributed by atoms with Gasteiger partial charge < -0.3 is 10.4 Å². The van der Waals surface area contributed by atoms with Crippen molar-refractivity contribution in [2.45, 2.75) is 19.5 Å².